The number of nitrogens with zero attached hydrogens (tertiary/aromatic N) is 1. The number of unbranched alkanes of at least 4 members (excludes halogenated alkanes) is 21. The molecule has 0 saturated heterocycles. The molecule has 1 atom stereocenters. The van der Waals surface area contributed by atoms with E-state index in [0.29, 0.717) is 6.42 Å². The van der Waals surface area contributed by atoms with E-state index in [1.54, 1.807) is 0 Å². The molecule has 5 nitrogen and oxygen atoms in total. The summed E-state index contributed by atoms with van der Waals surface area (Å²) in [5.74, 6) is 0.990. The molecule has 0 rings (SSSR count). The van der Waals surface area contributed by atoms with Crippen molar-refractivity contribution >= 4 is 5.97 Å². The Balaban J connectivity index is 0. The average Bonchev–Trinajstić information content (AvgIpc) is 3.12. The van der Waals surface area contributed by atoms with Gasteiger partial charge in [0.05, 0.1) is 18.5 Å². The molecule has 5 heteroatoms. The van der Waals surface area contributed by atoms with Crippen LogP contribution in [0.5, 0.6) is 0 Å². The highest BCUT2D eigenvalue weighted by Crippen LogP contribution is 2.19. The maximum absolute atomic E-state index is 12.7. The third kappa shape index (κ3) is 40.0. The molecule has 0 bridgehead atoms. The molecule has 1 N–H and O–H groups in total. The second kappa shape index (κ2) is 43.3. The maximum atomic E-state index is 12.7. The first-order valence-corrected chi connectivity index (χ1v) is 22.8. The third-order valence-electron chi connectivity index (χ3n) is 10.1. The minimum absolute atomic E-state index is 0.0247. The zero-order valence-electron chi connectivity index (χ0n) is 35.7. The molecule has 51 heavy (non-hydrogen) atoms. The normalized spacial score (nSPS) is 11.9. The molecule has 0 aliphatic heterocycles. The molecule has 1 unspecified atom stereocenters. The Labute approximate surface area is 320 Å². The summed E-state index contributed by atoms with van der Waals surface area (Å²) in [4.78, 5) is 15.1. The molecule has 0 aromatic rings. The van der Waals surface area contributed by atoms with Crippen molar-refractivity contribution < 1.29 is 19.4 Å². The molecule has 0 aliphatic rings. The summed E-state index contributed by atoms with van der Waals surface area (Å²) < 4.78 is 12.1. The standard InChI is InChI=1S/C44H87NO4.C2H6/c1-6-9-12-15-19-27-34-43(35-28-20-16-13-10-7-2)49-44(47)36-29-21-17-23-30-37-45(39-40-46)38-31-24-22-26-33-42(5)48-41(4)32-25-18-14-11-8-3;1-2/h42-43,46H,4,6-40H2,1-3,5H3;1-2H3. The monoisotopic (exact) mass is 724 g/mol. The third-order valence-corrected chi connectivity index (χ3v) is 10.1. The fourth-order valence-electron chi connectivity index (χ4n) is 6.87. The highest BCUT2D eigenvalue weighted by atomic mass is 16.5. The topological polar surface area (TPSA) is 59.0 Å². The number of hydrogen-bond donors (Lipinski definition) is 1. The molecule has 0 heterocycles. The second-order valence-electron chi connectivity index (χ2n) is 15.1. The van der Waals surface area contributed by atoms with Crippen LogP contribution in [-0.2, 0) is 14.3 Å². The van der Waals surface area contributed by atoms with E-state index in [4.69, 9.17) is 9.47 Å². The molecule has 306 valence electrons. The molecule has 0 saturated carbocycles. The Kier molecular flexibility index (Phi) is 44.2. The van der Waals surface area contributed by atoms with Crippen molar-refractivity contribution in [2.75, 3.05) is 26.2 Å². The molecule has 0 aromatic heterocycles. The number of hydrogen-bond acceptors (Lipinski definition) is 5. The number of aliphatic hydroxyl groups is 1. The lowest BCUT2D eigenvalue weighted by atomic mass is 10.0. The van der Waals surface area contributed by atoms with Crippen molar-refractivity contribution in [1.29, 1.82) is 0 Å². The van der Waals surface area contributed by atoms with Crippen LogP contribution < -0.4 is 0 Å². The molecular weight excluding hydrogens is 631 g/mol. The highest BCUT2D eigenvalue weighted by Gasteiger charge is 2.14. The number of esters is 1. The number of rotatable bonds is 40. The summed E-state index contributed by atoms with van der Waals surface area (Å²) in [6.07, 6.45) is 37.5. The van der Waals surface area contributed by atoms with Gasteiger partial charge in [-0.2, -0.15) is 0 Å². The van der Waals surface area contributed by atoms with Gasteiger partial charge in [0.1, 0.15) is 6.10 Å². The van der Waals surface area contributed by atoms with Crippen molar-refractivity contribution in [3.63, 3.8) is 0 Å². The van der Waals surface area contributed by atoms with Gasteiger partial charge in [0.2, 0.25) is 0 Å². The second-order valence-corrected chi connectivity index (χ2v) is 15.1. The van der Waals surface area contributed by atoms with Crippen LogP contribution in [-0.4, -0.2) is 54.4 Å². The Morgan fingerprint density at radius 3 is 1.39 bits per heavy atom. The van der Waals surface area contributed by atoms with E-state index in [2.05, 4.69) is 39.2 Å². The van der Waals surface area contributed by atoms with Crippen molar-refractivity contribution in [1.82, 2.24) is 4.90 Å². The molecule has 0 fully saturated rings. The summed E-state index contributed by atoms with van der Waals surface area (Å²) in [5.41, 5.74) is 0. The van der Waals surface area contributed by atoms with Crippen LogP contribution in [0.1, 0.15) is 241 Å². The number of aliphatic hydroxyl groups excluding tert-OH is 1. The summed E-state index contributed by atoms with van der Waals surface area (Å²) in [7, 11) is 0. The molecule has 0 spiro atoms. The first-order valence-electron chi connectivity index (χ1n) is 22.8. The summed E-state index contributed by atoms with van der Waals surface area (Å²) in [5, 5.41) is 9.57. The largest absolute Gasteiger partial charge is 0.496 e. The van der Waals surface area contributed by atoms with Gasteiger partial charge in [-0.1, -0.05) is 163 Å². The molecule has 0 amide bonds. The van der Waals surface area contributed by atoms with Gasteiger partial charge in [-0.3, -0.25) is 4.79 Å². The molecule has 0 aromatic carbocycles. The predicted molar refractivity (Wildman–Crippen MR) is 225 cm³/mol. The lowest BCUT2D eigenvalue weighted by Gasteiger charge is -2.21. The Morgan fingerprint density at radius 2 is 0.922 bits per heavy atom. The number of allylic oxidation sites excluding steroid dienone is 1. The number of carbonyl (C=O) groups is 1. The van der Waals surface area contributed by atoms with Crippen molar-refractivity contribution in [3.05, 3.63) is 12.3 Å². The van der Waals surface area contributed by atoms with E-state index in [0.717, 1.165) is 63.9 Å². The zero-order valence-corrected chi connectivity index (χ0v) is 35.7. The molecule has 0 radical (unpaired) electrons. The van der Waals surface area contributed by atoms with Gasteiger partial charge in [-0.05, 0) is 84.2 Å². The Hall–Kier alpha value is -1.07. The van der Waals surface area contributed by atoms with Crippen LogP contribution in [0.2, 0.25) is 0 Å². The number of ether oxygens (including phenoxy) is 2. The smallest absolute Gasteiger partial charge is 0.306 e. The minimum Gasteiger partial charge on any atom is -0.496 e. The fraction of sp³-hybridized carbons (Fsp3) is 0.935. The molecule has 0 aliphatic carbocycles. The van der Waals surface area contributed by atoms with E-state index in [1.807, 2.05) is 13.8 Å². The van der Waals surface area contributed by atoms with Crippen molar-refractivity contribution in [2.45, 2.75) is 253 Å². The highest BCUT2D eigenvalue weighted by molar-refractivity contribution is 5.69. The van der Waals surface area contributed by atoms with Crippen LogP contribution in [0.4, 0.5) is 0 Å². The lowest BCUT2D eigenvalue weighted by molar-refractivity contribution is -0.150. The summed E-state index contributed by atoms with van der Waals surface area (Å²) in [6, 6.07) is 0. The fourth-order valence-corrected chi connectivity index (χ4v) is 6.87. The minimum atomic E-state index is 0.0247. The van der Waals surface area contributed by atoms with E-state index < -0.39 is 0 Å². The SMILES string of the molecule is C=C(CCCCCCC)OC(C)CCCCCCN(CCO)CCCCCCCC(=O)OC(CCCCCCCC)CCCCCCCC.CC. The van der Waals surface area contributed by atoms with Crippen LogP contribution in [0, 0.1) is 0 Å². The van der Waals surface area contributed by atoms with Gasteiger partial charge >= 0.3 is 5.97 Å². The zero-order chi connectivity index (χ0) is 38.0. The van der Waals surface area contributed by atoms with Gasteiger partial charge in [0.25, 0.3) is 0 Å². The number of carbonyl (C=O) groups excluding carboxylic acids is 1. The average molecular weight is 724 g/mol. The quantitative estimate of drug-likeness (QED) is 0.0387. The van der Waals surface area contributed by atoms with Crippen molar-refractivity contribution in [2.24, 2.45) is 0 Å². The van der Waals surface area contributed by atoms with Crippen LogP contribution in [0.3, 0.4) is 0 Å². The maximum Gasteiger partial charge on any atom is 0.306 e. The van der Waals surface area contributed by atoms with Gasteiger partial charge in [0, 0.05) is 19.4 Å². The lowest BCUT2D eigenvalue weighted by Crippen LogP contribution is -2.29. The van der Waals surface area contributed by atoms with Gasteiger partial charge < -0.3 is 19.5 Å². The summed E-state index contributed by atoms with van der Waals surface area (Å²) >= 11 is 0. The Morgan fingerprint density at radius 1 is 0.529 bits per heavy atom. The molecular formula is C46H93NO4. The summed E-state index contributed by atoms with van der Waals surface area (Å²) in [6.45, 7) is 20.2. The Bertz CT molecular complexity index is 683. The van der Waals surface area contributed by atoms with Gasteiger partial charge in [0.15, 0.2) is 0 Å². The van der Waals surface area contributed by atoms with E-state index in [9.17, 15) is 9.90 Å². The van der Waals surface area contributed by atoms with E-state index >= 15 is 0 Å². The first-order chi connectivity index (χ1) is 25.0. The van der Waals surface area contributed by atoms with E-state index in [-0.39, 0.29) is 24.8 Å². The van der Waals surface area contributed by atoms with E-state index in [1.165, 1.54) is 154 Å². The van der Waals surface area contributed by atoms with Crippen molar-refractivity contribution in [3.8, 4) is 0 Å². The van der Waals surface area contributed by atoms with Crippen LogP contribution >= 0.6 is 0 Å². The van der Waals surface area contributed by atoms with Crippen LogP contribution in [0.25, 0.3) is 0 Å². The van der Waals surface area contributed by atoms with Gasteiger partial charge in [-0.15, -0.1) is 0 Å². The first kappa shape index (κ1) is 52.0. The van der Waals surface area contributed by atoms with Gasteiger partial charge in [-0.25, -0.2) is 0 Å². The van der Waals surface area contributed by atoms with Crippen LogP contribution in [0.15, 0.2) is 12.3 Å². The predicted octanol–water partition coefficient (Wildman–Crippen LogP) is 14.3.